The van der Waals surface area contributed by atoms with E-state index < -0.39 is 67.4 Å². The van der Waals surface area contributed by atoms with Gasteiger partial charge in [0.25, 0.3) is 0 Å². The molecule has 0 aromatic carbocycles. The van der Waals surface area contributed by atoms with Crippen LogP contribution in [0.3, 0.4) is 0 Å². The van der Waals surface area contributed by atoms with Gasteiger partial charge >= 0.3 is 5.97 Å². The normalized spacial score (nSPS) is 19.9. The Labute approximate surface area is 456 Å². The molecule has 1 rings (SSSR count). The molecule has 430 valence electrons. The van der Waals surface area contributed by atoms with E-state index in [2.05, 4.69) is 111 Å². The van der Waals surface area contributed by atoms with Crippen molar-refractivity contribution >= 4 is 11.9 Å². The van der Waals surface area contributed by atoms with Crippen molar-refractivity contribution in [1.29, 1.82) is 0 Å². The minimum absolute atomic E-state index is 0.0623. The maximum Gasteiger partial charge on any atom is 0.306 e. The van der Waals surface area contributed by atoms with E-state index in [-0.39, 0.29) is 19.4 Å². The number of unbranched alkanes of at least 4 members (excludes halogenated alkanes) is 21. The molecule has 1 fully saturated rings. The Bertz CT molecular complexity index is 1580. The standard InChI is InChI=1S/C64H109NO10/c1-4-7-10-13-16-19-22-25-26-27-28-29-30-31-32-34-37-40-43-46-49-52-59(69)75-62-61(71)60(70)58(53-66)74-64(62)73-54-55(56(67)50-47-44-41-38-36-33-23-20-17-14-11-8-5-2)65-63(72)57(68)51-48-45-42-39-35-24-21-18-15-12-9-6-3/h7,10,16,19,25-26,28-29,31-32,35,37,39-40,47,50,55-58,60-62,64,66-68,70-71H,4-6,8-9,11-15,17-18,20-24,27,30,33-34,36,38,41-46,48-49,51-54H2,1-3H3,(H,65,72)/b10-7-,19-16-,26-25-,29-28-,32-31-,39-35-,40-37-,50-47+. The summed E-state index contributed by atoms with van der Waals surface area (Å²) >= 11 is 0. The molecule has 6 N–H and O–H groups in total. The molecule has 0 aromatic rings. The summed E-state index contributed by atoms with van der Waals surface area (Å²) in [6.45, 7) is 5.62. The average molecular weight is 1050 g/mol. The smallest absolute Gasteiger partial charge is 0.306 e. The van der Waals surface area contributed by atoms with Crippen molar-refractivity contribution in [3.8, 4) is 0 Å². The van der Waals surface area contributed by atoms with Crippen LogP contribution in [0.4, 0.5) is 0 Å². The van der Waals surface area contributed by atoms with Crippen LogP contribution in [0.25, 0.3) is 0 Å². The monoisotopic (exact) mass is 1050 g/mol. The van der Waals surface area contributed by atoms with Crippen LogP contribution in [0.15, 0.2) is 97.2 Å². The summed E-state index contributed by atoms with van der Waals surface area (Å²) in [6, 6.07) is -1.05. The first kappa shape index (κ1) is 69.6. The van der Waals surface area contributed by atoms with Crippen LogP contribution in [-0.2, 0) is 23.8 Å². The van der Waals surface area contributed by atoms with Crippen molar-refractivity contribution in [3.63, 3.8) is 0 Å². The predicted octanol–water partition coefficient (Wildman–Crippen LogP) is 13.9. The first-order chi connectivity index (χ1) is 36.7. The number of nitrogens with one attached hydrogen (secondary N) is 1. The van der Waals surface area contributed by atoms with E-state index in [1.54, 1.807) is 6.08 Å². The number of amides is 1. The molecule has 0 aliphatic carbocycles. The molecule has 0 spiro atoms. The number of ether oxygens (including phenoxy) is 3. The lowest BCUT2D eigenvalue weighted by atomic mass is 9.99. The van der Waals surface area contributed by atoms with Crippen molar-refractivity contribution in [2.45, 2.75) is 282 Å². The molecular formula is C64H109NO10. The number of aliphatic hydroxyl groups is 5. The highest BCUT2D eigenvalue weighted by Gasteiger charge is 2.47. The molecule has 0 bridgehead atoms. The van der Waals surface area contributed by atoms with Gasteiger partial charge in [-0.15, -0.1) is 0 Å². The minimum atomic E-state index is -1.64. The molecule has 75 heavy (non-hydrogen) atoms. The van der Waals surface area contributed by atoms with Gasteiger partial charge in [0.1, 0.15) is 24.4 Å². The fourth-order valence-electron chi connectivity index (χ4n) is 8.71. The zero-order chi connectivity index (χ0) is 54.7. The molecule has 0 saturated carbocycles. The van der Waals surface area contributed by atoms with Gasteiger partial charge in [-0.05, 0) is 103 Å². The van der Waals surface area contributed by atoms with Crippen LogP contribution in [-0.4, -0.2) is 99.6 Å². The lowest BCUT2D eigenvalue weighted by Gasteiger charge is -2.41. The lowest BCUT2D eigenvalue weighted by Crippen LogP contribution is -2.61. The molecular weight excluding hydrogens is 943 g/mol. The van der Waals surface area contributed by atoms with E-state index in [0.717, 1.165) is 96.3 Å². The zero-order valence-corrected chi connectivity index (χ0v) is 47.4. The molecule has 1 heterocycles. The maximum absolute atomic E-state index is 13.4. The lowest BCUT2D eigenvalue weighted by molar-refractivity contribution is -0.305. The van der Waals surface area contributed by atoms with Gasteiger partial charge in [-0.25, -0.2) is 0 Å². The third-order valence-electron chi connectivity index (χ3n) is 13.5. The number of hydrogen-bond acceptors (Lipinski definition) is 10. The number of aliphatic hydroxyl groups excluding tert-OH is 5. The molecule has 8 unspecified atom stereocenters. The molecule has 11 heteroatoms. The van der Waals surface area contributed by atoms with Crippen LogP contribution in [0.2, 0.25) is 0 Å². The summed E-state index contributed by atoms with van der Waals surface area (Å²) in [7, 11) is 0. The number of rotatable bonds is 49. The van der Waals surface area contributed by atoms with Gasteiger partial charge in [0, 0.05) is 6.42 Å². The number of esters is 1. The number of carbonyl (C=O) groups excluding carboxylic acids is 2. The SMILES string of the molecule is CC/C=C\C/C=C\C/C=C\C/C=C\C/C=C\C/C=C\CCCCC(=O)OC1C(OCC(NC(=O)C(O)CCCC/C=C\CCCCCCCC)C(O)/C=C/CCCCCCCCCCCCC)OC(CO)C(O)C1O. The fraction of sp³-hybridized carbons (Fsp3) is 0.719. The van der Waals surface area contributed by atoms with Gasteiger partial charge in [-0.3, -0.25) is 9.59 Å². The largest absolute Gasteiger partial charge is 0.454 e. The average Bonchev–Trinajstić information content (AvgIpc) is 3.41. The van der Waals surface area contributed by atoms with Gasteiger partial charge in [-0.1, -0.05) is 221 Å². The van der Waals surface area contributed by atoms with Gasteiger partial charge < -0.3 is 45.1 Å². The summed E-state index contributed by atoms with van der Waals surface area (Å²) in [5.41, 5.74) is 0. The van der Waals surface area contributed by atoms with Crippen LogP contribution in [0.1, 0.15) is 233 Å². The van der Waals surface area contributed by atoms with Crippen LogP contribution in [0.5, 0.6) is 0 Å². The molecule has 8 atom stereocenters. The number of allylic oxidation sites excluding steroid dienone is 15. The molecule has 1 aliphatic heterocycles. The second kappa shape index (κ2) is 51.3. The molecule has 0 aromatic heterocycles. The van der Waals surface area contributed by atoms with Crippen molar-refractivity contribution in [3.05, 3.63) is 97.2 Å². The summed E-state index contributed by atoms with van der Waals surface area (Å²) in [5.74, 6) is -1.26. The van der Waals surface area contributed by atoms with Gasteiger partial charge in [0.05, 0.1) is 25.4 Å². The van der Waals surface area contributed by atoms with E-state index in [1.807, 2.05) is 6.08 Å². The Balaban J connectivity index is 2.74. The molecule has 1 amide bonds. The van der Waals surface area contributed by atoms with Crippen molar-refractivity contribution in [1.82, 2.24) is 5.32 Å². The van der Waals surface area contributed by atoms with Crippen molar-refractivity contribution < 1.29 is 49.3 Å². The summed E-state index contributed by atoms with van der Waals surface area (Å²) in [4.78, 5) is 26.5. The molecule has 1 aliphatic rings. The maximum atomic E-state index is 13.4. The van der Waals surface area contributed by atoms with Crippen LogP contribution in [0, 0.1) is 0 Å². The van der Waals surface area contributed by atoms with Crippen LogP contribution >= 0.6 is 0 Å². The van der Waals surface area contributed by atoms with E-state index in [9.17, 15) is 35.1 Å². The van der Waals surface area contributed by atoms with Crippen molar-refractivity contribution in [2.24, 2.45) is 0 Å². The highest BCUT2D eigenvalue weighted by molar-refractivity contribution is 5.80. The second-order valence-electron chi connectivity index (χ2n) is 20.3. The van der Waals surface area contributed by atoms with Gasteiger partial charge in [-0.2, -0.15) is 0 Å². The van der Waals surface area contributed by atoms with E-state index in [1.165, 1.54) is 89.9 Å². The second-order valence-corrected chi connectivity index (χ2v) is 20.3. The van der Waals surface area contributed by atoms with Gasteiger partial charge in [0.15, 0.2) is 12.4 Å². The number of carbonyl (C=O) groups is 2. The quantitative estimate of drug-likeness (QED) is 0.0195. The fourth-order valence-corrected chi connectivity index (χ4v) is 8.71. The van der Waals surface area contributed by atoms with E-state index in [4.69, 9.17) is 14.2 Å². The molecule has 1 saturated heterocycles. The topological polar surface area (TPSA) is 175 Å². The van der Waals surface area contributed by atoms with E-state index >= 15 is 0 Å². The van der Waals surface area contributed by atoms with Crippen molar-refractivity contribution in [2.75, 3.05) is 13.2 Å². The third-order valence-corrected chi connectivity index (χ3v) is 13.5. The Hall–Kier alpha value is -3.42. The Morgan fingerprint density at radius 3 is 1.45 bits per heavy atom. The highest BCUT2D eigenvalue weighted by atomic mass is 16.7. The zero-order valence-electron chi connectivity index (χ0n) is 47.4. The van der Waals surface area contributed by atoms with E-state index in [0.29, 0.717) is 12.8 Å². The Morgan fingerprint density at radius 2 is 0.960 bits per heavy atom. The van der Waals surface area contributed by atoms with Crippen LogP contribution < -0.4 is 5.32 Å². The molecule has 0 radical (unpaired) electrons. The minimum Gasteiger partial charge on any atom is -0.454 e. The Morgan fingerprint density at radius 1 is 0.533 bits per heavy atom. The summed E-state index contributed by atoms with van der Waals surface area (Å²) in [5, 5.41) is 56.8. The first-order valence-electron chi connectivity index (χ1n) is 30.0. The predicted molar refractivity (Wildman–Crippen MR) is 310 cm³/mol. The number of hydrogen-bond donors (Lipinski definition) is 6. The summed E-state index contributed by atoms with van der Waals surface area (Å²) < 4.78 is 17.5. The molecule has 11 nitrogen and oxygen atoms in total. The van der Waals surface area contributed by atoms with Gasteiger partial charge in [0.2, 0.25) is 5.91 Å². The summed E-state index contributed by atoms with van der Waals surface area (Å²) in [6.07, 6.45) is 57.3. The first-order valence-corrected chi connectivity index (χ1v) is 30.0. The highest BCUT2D eigenvalue weighted by Crippen LogP contribution is 2.26. The third kappa shape index (κ3) is 39.6. The Kier molecular flexibility index (Phi) is 47.6.